The highest BCUT2D eigenvalue weighted by molar-refractivity contribution is 5.13. The molecule has 15 heavy (non-hydrogen) atoms. The molecule has 1 aromatic rings. The molecule has 0 radical (unpaired) electrons. The van der Waals surface area contributed by atoms with E-state index in [9.17, 15) is 0 Å². The summed E-state index contributed by atoms with van der Waals surface area (Å²) in [6, 6.07) is 0. The maximum absolute atomic E-state index is 4.02. The number of aryl methyl sites for hydroxylation is 1. The van der Waals surface area contributed by atoms with Gasteiger partial charge in [0.15, 0.2) is 0 Å². The van der Waals surface area contributed by atoms with Crippen LogP contribution in [0.3, 0.4) is 0 Å². The summed E-state index contributed by atoms with van der Waals surface area (Å²) in [6.45, 7) is 6.47. The van der Waals surface area contributed by atoms with Gasteiger partial charge in [0.2, 0.25) is 0 Å². The molecule has 1 heterocycles. The van der Waals surface area contributed by atoms with Gasteiger partial charge >= 0.3 is 0 Å². The van der Waals surface area contributed by atoms with E-state index < -0.39 is 0 Å². The molecule has 0 atom stereocenters. The zero-order chi connectivity index (χ0) is 10.7. The van der Waals surface area contributed by atoms with Gasteiger partial charge in [-0.1, -0.05) is 13.3 Å². The van der Waals surface area contributed by atoms with Gasteiger partial charge in [-0.05, 0) is 31.6 Å². The number of hydrogen-bond acceptors (Lipinski definition) is 2. The summed E-state index contributed by atoms with van der Waals surface area (Å²) in [5, 5.41) is 10.5. The first-order valence-corrected chi connectivity index (χ1v) is 5.95. The van der Waals surface area contributed by atoms with Crippen LogP contribution in [0.1, 0.15) is 43.9 Å². The van der Waals surface area contributed by atoms with E-state index in [-0.39, 0.29) is 0 Å². The first-order valence-electron chi connectivity index (χ1n) is 5.95. The summed E-state index contributed by atoms with van der Waals surface area (Å²) < 4.78 is 0. The molecular formula is C12H21N3. The Morgan fingerprint density at radius 1 is 1.53 bits per heavy atom. The Hall–Kier alpha value is -0.830. The fraction of sp³-hybridized carbons (Fsp3) is 0.750. The molecule has 1 fully saturated rings. The van der Waals surface area contributed by atoms with E-state index >= 15 is 0 Å². The molecule has 0 amide bonds. The predicted octanol–water partition coefficient (Wildman–Crippen LogP) is 2.39. The number of nitrogens with one attached hydrogen (secondary N) is 2. The molecule has 2 N–H and O–H groups in total. The third-order valence-electron chi connectivity index (χ3n) is 3.49. The third-order valence-corrected chi connectivity index (χ3v) is 3.49. The molecule has 0 aromatic carbocycles. The van der Waals surface area contributed by atoms with E-state index in [0.29, 0.717) is 5.41 Å². The summed E-state index contributed by atoms with van der Waals surface area (Å²) in [5.74, 6) is 0. The third kappa shape index (κ3) is 2.59. The highest BCUT2D eigenvalue weighted by Crippen LogP contribution is 2.48. The first kappa shape index (κ1) is 10.7. The molecule has 0 spiro atoms. The smallest absolute Gasteiger partial charge is 0.0535 e. The van der Waals surface area contributed by atoms with Crippen LogP contribution in [0, 0.1) is 12.3 Å². The van der Waals surface area contributed by atoms with Gasteiger partial charge in [0.1, 0.15) is 0 Å². The normalized spacial score (nSPS) is 18.0. The molecule has 1 saturated carbocycles. The lowest BCUT2D eigenvalue weighted by atomic mass is 10.0. The Bertz CT molecular complexity index is 312. The largest absolute Gasteiger partial charge is 0.312 e. The van der Waals surface area contributed by atoms with Gasteiger partial charge in [-0.3, -0.25) is 5.10 Å². The van der Waals surface area contributed by atoms with E-state index in [0.717, 1.165) is 6.54 Å². The van der Waals surface area contributed by atoms with Crippen LogP contribution in [0.25, 0.3) is 0 Å². The van der Waals surface area contributed by atoms with E-state index in [4.69, 9.17) is 0 Å². The van der Waals surface area contributed by atoms with Crippen LogP contribution in [0.5, 0.6) is 0 Å². The second kappa shape index (κ2) is 4.35. The van der Waals surface area contributed by atoms with Gasteiger partial charge in [-0.25, -0.2) is 0 Å². The van der Waals surface area contributed by atoms with Crippen molar-refractivity contribution in [3.63, 3.8) is 0 Å². The molecule has 0 aliphatic heterocycles. The van der Waals surface area contributed by atoms with Crippen LogP contribution in [0.4, 0.5) is 0 Å². The molecule has 0 saturated heterocycles. The zero-order valence-electron chi connectivity index (χ0n) is 9.77. The van der Waals surface area contributed by atoms with Gasteiger partial charge in [0.25, 0.3) is 0 Å². The topological polar surface area (TPSA) is 40.7 Å². The van der Waals surface area contributed by atoms with Crippen LogP contribution < -0.4 is 5.32 Å². The lowest BCUT2D eigenvalue weighted by Crippen LogP contribution is -2.23. The van der Waals surface area contributed by atoms with Crippen molar-refractivity contribution in [3.8, 4) is 0 Å². The Balaban J connectivity index is 1.73. The van der Waals surface area contributed by atoms with Crippen molar-refractivity contribution in [2.45, 2.75) is 46.1 Å². The highest BCUT2D eigenvalue weighted by Gasteiger charge is 2.40. The lowest BCUT2D eigenvalue weighted by Gasteiger charge is -2.14. The van der Waals surface area contributed by atoms with Crippen molar-refractivity contribution < 1.29 is 0 Å². The van der Waals surface area contributed by atoms with Crippen LogP contribution in [0.15, 0.2) is 6.20 Å². The Labute approximate surface area is 91.7 Å². The SMILES string of the molecule is CCCC1(CNCc2cn[nH]c2C)CC1. The predicted molar refractivity (Wildman–Crippen MR) is 61.6 cm³/mol. The minimum absolute atomic E-state index is 0.645. The molecule has 84 valence electrons. The minimum Gasteiger partial charge on any atom is -0.312 e. The molecule has 2 rings (SSSR count). The fourth-order valence-corrected chi connectivity index (χ4v) is 2.24. The number of H-pyrrole nitrogens is 1. The Morgan fingerprint density at radius 2 is 2.33 bits per heavy atom. The first-order chi connectivity index (χ1) is 7.26. The highest BCUT2D eigenvalue weighted by atomic mass is 15.1. The Morgan fingerprint density at radius 3 is 2.87 bits per heavy atom. The standard InChI is InChI=1S/C12H21N3/c1-3-4-12(5-6-12)9-13-7-11-8-14-15-10(11)2/h8,13H,3-7,9H2,1-2H3,(H,14,15). The van der Waals surface area contributed by atoms with Gasteiger partial charge < -0.3 is 5.32 Å². The van der Waals surface area contributed by atoms with Crippen molar-refractivity contribution in [1.29, 1.82) is 0 Å². The van der Waals surface area contributed by atoms with Gasteiger partial charge in [-0.2, -0.15) is 5.10 Å². The van der Waals surface area contributed by atoms with Crippen molar-refractivity contribution in [3.05, 3.63) is 17.5 Å². The van der Waals surface area contributed by atoms with Crippen molar-refractivity contribution in [1.82, 2.24) is 15.5 Å². The van der Waals surface area contributed by atoms with E-state index in [1.54, 1.807) is 0 Å². The maximum Gasteiger partial charge on any atom is 0.0535 e. The molecule has 0 bridgehead atoms. The molecule has 1 aliphatic rings. The van der Waals surface area contributed by atoms with E-state index in [1.165, 1.54) is 43.5 Å². The minimum atomic E-state index is 0.645. The molecule has 0 unspecified atom stereocenters. The number of nitrogens with zero attached hydrogens (tertiary/aromatic N) is 1. The van der Waals surface area contributed by atoms with E-state index in [1.807, 2.05) is 6.20 Å². The van der Waals surface area contributed by atoms with Crippen molar-refractivity contribution in [2.75, 3.05) is 6.54 Å². The van der Waals surface area contributed by atoms with Crippen LogP contribution in [-0.4, -0.2) is 16.7 Å². The van der Waals surface area contributed by atoms with Crippen molar-refractivity contribution >= 4 is 0 Å². The van der Waals surface area contributed by atoms with Crippen LogP contribution >= 0.6 is 0 Å². The van der Waals surface area contributed by atoms with Crippen LogP contribution in [-0.2, 0) is 6.54 Å². The molecule has 3 heteroatoms. The number of rotatable bonds is 6. The molecule has 1 aromatic heterocycles. The summed E-state index contributed by atoms with van der Waals surface area (Å²) >= 11 is 0. The summed E-state index contributed by atoms with van der Waals surface area (Å²) in [4.78, 5) is 0. The molecule has 1 aliphatic carbocycles. The fourth-order valence-electron chi connectivity index (χ4n) is 2.24. The second-order valence-corrected chi connectivity index (χ2v) is 4.87. The average Bonchev–Trinajstić information content (AvgIpc) is 2.85. The molecular weight excluding hydrogens is 186 g/mol. The second-order valence-electron chi connectivity index (χ2n) is 4.87. The molecule has 3 nitrogen and oxygen atoms in total. The number of hydrogen-bond donors (Lipinski definition) is 2. The summed E-state index contributed by atoms with van der Waals surface area (Å²) in [6.07, 6.45) is 7.44. The maximum atomic E-state index is 4.02. The quantitative estimate of drug-likeness (QED) is 0.752. The van der Waals surface area contributed by atoms with Gasteiger partial charge in [0.05, 0.1) is 6.20 Å². The van der Waals surface area contributed by atoms with Crippen LogP contribution in [0.2, 0.25) is 0 Å². The van der Waals surface area contributed by atoms with Gasteiger partial charge in [0, 0.05) is 24.3 Å². The summed E-state index contributed by atoms with van der Waals surface area (Å²) in [5.41, 5.74) is 3.12. The number of aromatic nitrogens is 2. The van der Waals surface area contributed by atoms with Gasteiger partial charge in [-0.15, -0.1) is 0 Å². The van der Waals surface area contributed by atoms with E-state index in [2.05, 4.69) is 29.4 Å². The number of aromatic amines is 1. The van der Waals surface area contributed by atoms with Crippen molar-refractivity contribution in [2.24, 2.45) is 5.41 Å². The monoisotopic (exact) mass is 207 g/mol. The zero-order valence-corrected chi connectivity index (χ0v) is 9.77. The summed E-state index contributed by atoms with van der Waals surface area (Å²) in [7, 11) is 0. The average molecular weight is 207 g/mol. The Kier molecular flexibility index (Phi) is 3.10. The lowest BCUT2D eigenvalue weighted by molar-refractivity contribution is 0.420.